The minimum absolute atomic E-state index is 1.02. The van der Waals surface area contributed by atoms with Gasteiger partial charge in [0.1, 0.15) is 0 Å². The van der Waals surface area contributed by atoms with Gasteiger partial charge in [-0.25, -0.2) is 0 Å². The predicted molar refractivity (Wildman–Crippen MR) is 218 cm³/mol. The zero-order valence-corrected chi connectivity index (χ0v) is 29.1. The third-order valence-electron chi connectivity index (χ3n) is 11.3. The number of aryl methyl sites for hydroxylation is 3. The van der Waals surface area contributed by atoms with Gasteiger partial charge in [-0.3, -0.25) is 0 Å². The minimum atomic E-state index is 1.02. The van der Waals surface area contributed by atoms with E-state index in [1.54, 1.807) is 0 Å². The topological polar surface area (TPSA) is 6.48 Å². The average Bonchev–Trinajstić information content (AvgIpc) is 3.19. The summed E-state index contributed by atoms with van der Waals surface area (Å²) in [6.07, 6.45) is 4.58. The second kappa shape index (κ2) is 12.2. The molecule has 0 radical (unpaired) electrons. The lowest BCUT2D eigenvalue weighted by Gasteiger charge is -2.32. The maximum atomic E-state index is 2.54. The molecule has 0 saturated heterocycles. The van der Waals surface area contributed by atoms with Gasteiger partial charge in [0.25, 0.3) is 0 Å². The van der Waals surface area contributed by atoms with E-state index in [-0.39, 0.29) is 0 Å². The van der Waals surface area contributed by atoms with Crippen LogP contribution < -0.4 is 9.80 Å². The third-order valence-corrected chi connectivity index (χ3v) is 11.3. The van der Waals surface area contributed by atoms with Crippen LogP contribution in [0.1, 0.15) is 29.5 Å². The number of hydrogen-bond donors (Lipinski definition) is 0. The molecular formula is C49H40N2. The van der Waals surface area contributed by atoms with E-state index in [4.69, 9.17) is 0 Å². The van der Waals surface area contributed by atoms with Crippen molar-refractivity contribution in [1.82, 2.24) is 0 Å². The molecule has 0 aromatic heterocycles. The monoisotopic (exact) mass is 656 g/mol. The Labute approximate surface area is 300 Å². The largest absolute Gasteiger partial charge is 0.341 e. The second-order valence-corrected chi connectivity index (χ2v) is 14.4. The van der Waals surface area contributed by atoms with Gasteiger partial charge in [0.05, 0.1) is 0 Å². The molecular weight excluding hydrogens is 617 g/mol. The summed E-state index contributed by atoms with van der Waals surface area (Å²) in [4.78, 5) is 5.07. The number of hydrogen-bond acceptors (Lipinski definition) is 2. The van der Waals surface area contributed by atoms with Gasteiger partial charge in [-0.1, -0.05) is 115 Å². The van der Waals surface area contributed by atoms with Crippen molar-refractivity contribution in [3.63, 3.8) is 0 Å². The lowest BCUT2D eigenvalue weighted by molar-refractivity contribution is 0.767. The number of fused-ring (bicyclic) bond motifs is 5. The molecule has 0 N–H and O–H groups in total. The SMILES string of the molecule is Cc1ccc(-c2c3ccc(N4CCCc5ccccc54)cc3c(-c3ccc4ccccc4c3)c3ccc(N4CCCc5ccccc54)cc23)cc1. The maximum absolute atomic E-state index is 2.54. The van der Waals surface area contributed by atoms with E-state index in [9.17, 15) is 0 Å². The van der Waals surface area contributed by atoms with Crippen LogP contribution in [0.4, 0.5) is 22.7 Å². The van der Waals surface area contributed by atoms with Crippen molar-refractivity contribution >= 4 is 55.1 Å². The van der Waals surface area contributed by atoms with Crippen LogP contribution in [0.15, 0.2) is 152 Å². The summed E-state index contributed by atoms with van der Waals surface area (Å²) in [5.41, 5.74) is 14.5. The molecule has 2 aliphatic rings. The Morgan fingerprint density at radius 2 is 0.922 bits per heavy atom. The number of anilines is 4. The first-order valence-corrected chi connectivity index (χ1v) is 18.5. The molecule has 2 aliphatic heterocycles. The molecule has 0 aliphatic carbocycles. The Morgan fingerprint density at radius 1 is 0.412 bits per heavy atom. The Bertz CT molecular complexity index is 2610. The molecule has 0 fully saturated rings. The number of benzene rings is 8. The van der Waals surface area contributed by atoms with Gasteiger partial charge < -0.3 is 9.80 Å². The average molecular weight is 657 g/mol. The number of rotatable bonds is 4. The first-order valence-electron chi connectivity index (χ1n) is 18.5. The van der Waals surface area contributed by atoms with Crippen LogP contribution in [0.25, 0.3) is 54.6 Å². The fourth-order valence-corrected chi connectivity index (χ4v) is 8.83. The number of para-hydroxylation sites is 2. The fourth-order valence-electron chi connectivity index (χ4n) is 8.83. The van der Waals surface area contributed by atoms with Gasteiger partial charge in [0.2, 0.25) is 0 Å². The first-order chi connectivity index (χ1) is 25.2. The van der Waals surface area contributed by atoms with Gasteiger partial charge in [-0.15, -0.1) is 0 Å². The highest BCUT2D eigenvalue weighted by Crippen LogP contribution is 2.48. The smallest absolute Gasteiger partial charge is 0.0443 e. The number of nitrogens with zero attached hydrogens (tertiary/aromatic N) is 2. The molecule has 10 rings (SSSR count). The lowest BCUT2D eigenvalue weighted by Crippen LogP contribution is -2.24. The summed E-state index contributed by atoms with van der Waals surface area (Å²) in [5.74, 6) is 0. The van der Waals surface area contributed by atoms with Gasteiger partial charge in [0.15, 0.2) is 0 Å². The van der Waals surface area contributed by atoms with E-state index in [1.807, 2.05) is 0 Å². The Balaban J connectivity index is 1.29. The maximum Gasteiger partial charge on any atom is 0.0443 e. The molecule has 2 nitrogen and oxygen atoms in total. The van der Waals surface area contributed by atoms with Crippen molar-refractivity contribution < 1.29 is 0 Å². The van der Waals surface area contributed by atoms with E-state index in [0.717, 1.165) is 38.8 Å². The Hall–Kier alpha value is -5.86. The van der Waals surface area contributed by atoms with Crippen molar-refractivity contribution in [2.45, 2.75) is 32.6 Å². The van der Waals surface area contributed by atoms with E-state index in [1.165, 1.54) is 94.0 Å². The molecule has 8 aromatic carbocycles. The molecule has 51 heavy (non-hydrogen) atoms. The highest BCUT2D eigenvalue weighted by Gasteiger charge is 2.24. The summed E-state index contributed by atoms with van der Waals surface area (Å²) >= 11 is 0. The molecule has 0 spiro atoms. The molecule has 0 saturated carbocycles. The van der Waals surface area contributed by atoms with Crippen molar-refractivity contribution in [3.05, 3.63) is 168 Å². The summed E-state index contributed by atoms with van der Waals surface area (Å²) in [7, 11) is 0. The molecule has 246 valence electrons. The van der Waals surface area contributed by atoms with Crippen molar-refractivity contribution in [1.29, 1.82) is 0 Å². The standard InChI is InChI=1S/C49H40N2/c1-33-18-20-37(21-19-33)48-42-26-24-41(51-29-9-15-36-12-5-7-17-47(36)51)32-45(42)49(39-23-22-34-10-2-3-13-38(34)30-39)43-27-25-40(31-44(43)48)50-28-8-14-35-11-4-6-16-46(35)50/h2-7,10-13,16-27,30-32H,8-9,14-15,28-29H2,1H3. The molecule has 2 heteroatoms. The van der Waals surface area contributed by atoms with Crippen LogP contribution in [0.5, 0.6) is 0 Å². The van der Waals surface area contributed by atoms with E-state index < -0.39 is 0 Å². The van der Waals surface area contributed by atoms with E-state index in [0.29, 0.717) is 0 Å². The highest BCUT2D eigenvalue weighted by molar-refractivity contribution is 6.23. The molecule has 2 heterocycles. The summed E-state index contributed by atoms with van der Waals surface area (Å²) < 4.78 is 0. The summed E-state index contributed by atoms with van der Waals surface area (Å²) in [5, 5.41) is 7.71. The van der Waals surface area contributed by atoms with Crippen molar-refractivity contribution in [2.24, 2.45) is 0 Å². The first kappa shape index (κ1) is 30.0. The van der Waals surface area contributed by atoms with E-state index in [2.05, 4.69) is 168 Å². The fraction of sp³-hybridized carbons (Fsp3) is 0.143. The predicted octanol–water partition coefficient (Wildman–Crippen LogP) is 13.0. The lowest BCUT2D eigenvalue weighted by atomic mass is 9.84. The zero-order chi connectivity index (χ0) is 33.9. The summed E-state index contributed by atoms with van der Waals surface area (Å²) in [6, 6.07) is 57.3. The van der Waals surface area contributed by atoms with Crippen LogP contribution in [0.3, 0.4) is 0 Å². The van der Waals surface area contributed by atoms with Crippen LogP contribution in [0, 0.1) is 6.92 Å². The Morgan fingerprint density at radius 3 is 1.53 bits per heavy atom. The van der Waals surface area contributed by atoms with Crippen LogP contribution in [-0.2, 0) is 12.8 Å². The van der Waals surface area contributed by atoms with Gasteiger partial charge in [-0.2, -0.15) is 0 Å². The Kier molecular flexibility index (Phi) is 7.16. The normalized spacial score (nSPS) is 14.2. The van der Waals surface area contributed by atoms with Gasteiger partial charge in [0, 0.05) is 35.8 Å². The van der Waals surface area contributed by atoms with Crippen LogP contribution in [0.2, 0.25) is 0 Å². The van der Waals surface area contributed by atoms with Crippen molar-refractivity contribution in [2.75, 3.05) is 22.9 Å². The third kappa shape index (κ3) is 5.09. The van der Waals surface area contributed by atoms with Gasteiger partial charge >= 0.3 is 0 Å². The quantitative estimate of drug-likeness (QED) is 0.174. The second-order valence-electron chi connectivity index (χ2n) is 14.4. The van der Waals surface area contributed by atoms with Crippen LogP contribution >= 0.6 is 0 Å². The zero-order valence-electron chi connectivity index (χ0n) is 29.1. The molecule has 0 bridgehead atoms. The molecule has 8 aromatic rings. The molecule has 0 unspecified atom stereocenters. The molecule has 0 atom stereocenters. The molecule has 0 amide bonds. The van der Waals surface area contributed by atoms with Crippen LogP contribution in [-0.4, -0.2) is 13.1 Å². The van der Waals surface area contributed by atoms with E-state index >= 15 is 0 Å². The minimum Gasteiger partial charge on any atom is -0.341 e. The summed E-state index contributed by atoms with van der Waals surface area (Å²) in [6.45, 7) is 4.22. The van der Waals surface area contributed by atoms with Crippen molar-refractivity contribution in [3.8, 4) is 22.3 Å². The van der Waals surface area contributed by atoms with Gasteiger partial charge in [-0.05, 0) is 141 Å². The highest BCUT2D eigenvalue weighted by atomic mass is 15.1.